The lowest BCUT2D eigenvalue weighted by Gasteiger charge is -2.17. The first-order valence-corrected chi connectivity index (χ1v) is 6.47. The average molecular weight is 230 g/mol. The minimum absolute atomic E-state index is 0.275. The monoisotopic (exact) mass is 230 g/mol. The van der Waals surface area contributed by atoms with Crippen molar-refractivity contribution in [1.29, 1.82) is 0 Å². The van der Waals surface area contributed by atoms with Crippen molar-refractivity contribution in [1.82, 2.24) is 5.32 Å². The molecule has 3 heteroatoms. The lowest BCUT2D eigenvalue weighted by atomic mass is 10.0. The fourth-order valence-electron chi connectivity index (χ4n) is 2.73. The number of amides is 1. The highest BCUT2D eigenvalue weighted by molar-refractivity contribution is 5.95. The van der Waals surface area contributed by atoms with Gasteiger partial charge in [-0.25, -0.2) is 0 Å². The second kappa shape index (κ2) is 4.49. The third kappa shape index (κ3) is 2.07. The van der Waals surface area contributed by atoms with E-state index in [0.29, 0.717) is 6.42 Å². The molecule has 90 valence electrons. The lowest BCUT2D eigenvalue weighted by molar-refractivity contribution is -0.117. The highest BCUT2D eigenvalue weighted by atomic mass is 16.2. The molecule has 0 bridgehead atoms. The van der Waals surface area contributed by atoms with Crippen LogP contribution in [0, 0.1) is 0 Å². The molecular formula is C14H18N2O. The van der Waals surface area contributed by atoms with E-state index < -0.39 is 0 Å². The van der Waals surface area contributed by atoms with Gasteiger partial charge in [0.25, 0.3) is 0 Å². The molecule has 17 heavy (non-hydrogen) atoms. The Kier molecular flexibility index (Phi) is 2.85. The molecule has 1 fully saturated rings. The molecule has 3 rings (SSSR count). The Morgan fingerprint density at radius 3 is 2.88 bits per heavy atom. The molecule has 1 amide bonds. The molecule has 0 unspecified atom stereocenters. The van der Waals surface area contributed by atoms with E-state index in [1.807, 2.05) is 4.90 Å². The van der Waals surface area contributed by atoms with Crippen LogP contribution in [0.15, 0.2) is 18.2 Å². The molecule has 2 heterocycles. The van der Waals surface area contributed by atoms with Crippen LogP contribution < -0.4 is 10.2 Å². The van der Waals surface area contributed by atoms with Gasteiger partial charge in [-0.1, -0.05) is 6.07 Å². The summed E-state index contributed by atoms with van der Waals surface area (Å²) in [7, 11) is 0. The van der Waals surface area contributed by atoms with E-state index >= 15 is 0 Å². The summed E-state index contributed by atoms with van der Waals surface area (Å²) in [5.74, 6) is 0.275. The molecule has 0 saturated carbocycles. The number of benzene rings is 1. The number of hydrogen-bond acceptors (Lipinski definition) is 2. The molecule has 0 spiro atoms. The van der Waals surface area contributed by atoms with Gasteiger partial charge in [-0.15, -0.1) is 0 Å². The highest BCUT2D eigenvalue weighted by Gasteiger charge is 2.22. The lowest BCUT2D eigenvalue weighted by Crippen LogP contribution is -2.23. The van der Waals surface area contributed by atoms with Crippen LogP contribution in [-0.4, -0.2) is 19.0 Å². The first-order chi connectivity index (χ1) is 8.34. The number of nitrogens with one attached hydrogen (secondary N) is 1. The summed E-state index contributed by atoms with van der Waals surface area (Å²) in [6.45, 7) is 2.94. The van der Waals surface area contributed by atoms with Crippen LogP contribution in [0.25, 0.3) is 0 Å². The third-order valence-corrected chi connectivity index (χ3v) is 3.69. The van der Waals surface area contributed by atoms with E-state index in [1.54, 1.807) is 0 Å². The predicted octanol–water partition coefficient (Wildman–Crippen LogP) is 1.85. The predicted molar refractivity (Wildman–Crippen MR) is 68.1 cm³/mol. The second-order valence-corrected chi connectivity index (χ2v) is 4.88. The Morgan fingerprint density at radius 1 is 1.12 bits per heavy atom. The Morgan fingerprint density at radius 2 is 2.06 bits per heavy atom. The van der Waals surface area contributed by atoms with Crippen molar-refractivity contribution in [2.24, 2.45) is 0 Å². The molecule has 0 atom stereocenters. The molecule has 2 aliphatic rings. The van der Waals surface area contributed by atoms with Gasteiger partial charge in [0.1, 0.15) is 0 Å². The molecule has 2 aliphatic heterocycles. The molecule has 0 aliphatic carbocycles. The Labute approximate surface area is 102 Å². The Balaban J connectivity index is 1.91. The summed E-state index contributed by atoms with van der Waals surface area (Å²) in [5.41, 5.74) is 3.89. The van der Waals surface area contributed by atoms with E-state index in [-0.39, 0.29) is 5.91 Å². The summed E-state index contributed by atoms with van der Waals surface area (Å²) in [5, 5.41) is 3.42. The van der Waals surface area contributed by atoms with Crippen LogP contribution in [0.3, 0.4) is 0 Å². The van der Waals surface area contributed by atoms with E-state index in [9.17, 15) is 4.79 Å². The van der Waals surface area contributed by atoms with E-state index in [1.165, 1.54) is 17.5 Å². The minimum Gasteiger partial charge on any atom is -0.313 e. The van der Waals surface area contributed by atoms with Crippen LogP contribution in [-0.2, 0) is 17.8 Å². The zero-order chi connectivity index (χ0) is 11.7. The molecule has 3 nitrogen and oxygen atoms in total. The summed E-state index contributed by atoms with van der Waals surface area (Å²) in [6, 6.07) is 6.48. The van der Waals surface area contributed by atoms with Crippen molar-refractivity contribution in [3.63, 3.8) is 0 Å². The van der Waals surface area contributed by atoms with Gasteiger partial charge in [-0.05, 0) is 49.1 Å². The van der Waals surface area contributed by atoms with Crippen LogP contribution in [0.4, 0.5) is 5.69 Å². The summed E-state index contributed by atoms with van der Waals surface area (Å²) in [4.78, 5) is 13.7. The maximum Gasteiger partial charge on any atom is 0.227 e. The first-order valence-electron chi connectivity index (χ1n) is 6.47. The van der Waals surface area contributed by atoms with E-state index in [4.69, 9.17) is 0 Å². The molecule has 1 aromatic rings. The molecule has 0 aromatic heterocycles. The van der Waals surface area contributed by atoms with Gasteiger partial charge in [0.2, 0.25) is 5.91 Å². The van der Waals surface area contributed by atoms with E-state index in [2.05, 4.69) is 23.5 Å². The number of carbonyl (C=O) groups excluding carboxylic acids is 1. The van der Waals surface area contributed by atoms with Crippen LogP contribution in [0.2, 0.25) is 0 Å². The van der Waals surface area contributed by atoms with Crippen molar-refractivity contribution < 1.29 is 4.79 Å². The standard InChI is InChI=1S/C14H18N2O/c17-14-4-2-8-16(14)13-6-5-12-10-15-7-1-3-11(12)9-13/h5-6,9,15H,1-4,7-8,10H2. The molecule has 1 saturated heterocycles. The molecule has 0 radical (unpaired) electrons. The largest absolute Gasteiger partial charge is 0.313 e. The number of anilines is 1. The van der Waals surface area contributed by atoms with Gasteiger partial charge in [-0.3, -0.25) is 4.79 Å². The van der Waals surface area contributed by atoms with Crippen molar-refractivity contribution in [3.05, 3.63) is 29.3 Å². The maximum absolute atomic E-state index is 11.7. The third-order valence-electron chi connectivity index (χ3n) is 3.69. The van der Waals surface area contributed by atoms with Crippen molar-refractivity contribution >= 4 is 11.6 Å². The number of aryl methyl sites for hydroxylation is 1. The van der Waals surface area contributed by atoms with Gasteiger partial charge < -0.3 is 10.2 Å². The number of carbonyl (C=O) groups is 1. The number of fused-ring (bicyclic) bond motifs is 1. The molecule has 1 aromatic carbocycles. The first kappa shape index (κ1) is 10.8. The second-order valence-electron chi connectivity index (χ2n) is 4.88. The maximum atomic E-state index is 11.7. The van der Waals surface area contributed by atoms with Crippen LogP contribution >= 0.6 is 0 Å². The Bertz CT molecular complexity index is 442. The topological polar surface area (TPSA) is 32.3 Å². The SMILES string of the molecule is O=C1CCCN1c1ccc2c(c1)CCCNC2. The quantitative estimate of drug-likeness (QED) is 0.798. The van der Waals surface area contributed by atoms with Gasteiger partial charge in [0, 0.05) is 25.2 Å². The van der Waals surface area contributed by atoms with E-state index in [0.717, 1.165) is 38.2 Å². The van der Waals surface area contributed by atoms with Gasteiger partial charge in [0.05, 0.1) is 0 Å². The number of nitrogens with zero attached hydrogens (tertiary/aromatic N) is 1. The van der Waals surface area contributed by atoms with Crippen molar-refractivity contribution in [2.75, 3.05) is 18.0 Å². The minimum atomic E-state index is 0.275. The molecular weight excluding hydrogens is 212 g/mol. The molecule has 1 N–H and O–H groups in total. The van der Waals surface area contributed by atoms with Gasteiger partial charge in [0.15, 0.2) is 0 Å². The zero-order valence-corrected chi connectivity index (χ0v) is 10.0. The number of rotatable bonds is 1. The number of hydrogen-bond donors (Lipinski definition) is 1. The van der Waals surface area contributed by atoms with Crippen LogP contribution in [0.5, 0.6) is 0 Å². The van der Waals surface area contributed by atoms with Crippen molar-refractivity contribution in [2.45, 2.75) is 32.2 Å². The summed E-state index contributed by atoms with van der Waals surface area (Å²) in [6.07, 6.45) is 4.01. The normalized spacial score (nSPS) is 20.2. The highest BCUT2D eigenvalue weighted by Crippen LogP contribution is 2.25. The summed E-state index contributed by atoms with van der Waals surface area (Å²) < 4.78 is 0. The fourth-order valence-corrected chi connectivity index (χ4v) is 2.73. The zero-order valence-electron chi connectivity index (χ0n) is 10.0. The van der Waals surface area contributed by atoms with Crippen LogP contribution in [0.1, 0.15) is 30.4 Å². The van der Waals surface area contributed by atoms with Gasteiger partial charge >= 0.3 is 0 Å². The fraction of sp³-hybridized carbons (Fsp3) is 0.500. The average Bonchev–Trinajstić information content (AvgIpc) is 2.64. The van der Waals surface area contributed by atoms with Gasteiger partial charge in [-0.2, -0.15) is 0 Å². The van der Waals surface area contributed by atoms with Crippen molar-refractivity contribution in [3.8, 4) is 0 Å². The smallest absolute Gasteiger partial charge is 0.227 e. The summed E-state index contributed by atoms with van der Waals surface area (Å²) >= 11 is 0. The Hall–Kier alpha value is -1.35.